The first-order valence-electron chi connectivity index (χ1n) is 15.5. The number of amides is 2. The van der Waals surface area contributed by atoms with Crippen LogP contribution in [0.5, 0.6) is 0 Å². The number of carbonyl (C=O) groups excluding carboxylic acids is 2. The zero-order valence-electron chi connectivity index (χ0n) is 27.9. The number of benzene rings is 4. The Morgan fingerprint density at radius 3 is 2.04 bits per heavy atom. The highest BCUT2D eigenvalue weighted by molar-refractivity contribution is 7.92. The van der Waals surface area contributed by atoms with Gasteiger partial charge in [-0.05, 0) is 76.1 Å². The molecule has 0 saturated carbocycles. The van der Waals surface area contributed by atoms with Gasteiger partial charge in [0.15, 0.2) is 0 Å². The fraction of sp³-hybridized carbons (Fsp3) is 0.297. The summed E-state index contributed by atoms with van der Waals surface area (Å²) in [6, 6.07) is 23.6. The molecule has 0 aliphatic carbocycles. The maximum Gasteiger partial charge on any atom is 0.417 e. The van der Waals surface area contributed by atoms with Crippen molar-refractivity contribution in [2.24, 2.45) is 0 Å². The second-order valence-electron chi connectivity index (χ2n) is 12.9. The summed E-state index contributed by atoms with van der Waals surface area (Å²) in [5, 5.41) is 2.32. The van der Waals surface area contributed by atoms with Crippen LogP contribution in [0.1, 0.15) is 48.6 Å². The van der Waals surface area contributed by atoms with Crippen LogP contribution in [0.25, 0.3) is 0 Å². The number of hydrogen-bond acceptors (Lipinski definition) is 4. The van der Waals surface area contributed by atoms with E-state index < -0.39 is 62.4 Å². The summed E-state index contributed by atoms with van der Waals surface area (Å²) in [5.74, 6) is -1.28. The van der Waals surface area contributed by atoms with Crippen LogP contribution in [0, 0.1) is 13.8 Å². The number of rotatable bonds is 11. The van der Waals surface area contributed by atoms with E-state index >= 15 is 0 Å². The normalized spacial score (nSPS) is 12.7. The van der Waals surface area contributed by atoms with Gasteiger partial charge in [0.1, 0.15) is 12.6 Å². The van der Waals surface area contributed by atoms with Crippen molar-refractivity contribution >= 4 is 39.1 Å². The Kier molecular flexibility index (Phi) is 11.5. The molecule has 7 nitrogen and oxygen atoms in total. The third-order valence-corrected chi connectivity index (χ3v) is 9.75. The van der Waals surface area contributed by atoms with Crippen molar-refractivity contribution < 1.29 is 31.2 Å². The average molecular weight is 714 g/mol. The van der Waals surface area contributed by atoms with E-state index in [9.17, 15) is 31.2 Å². The van der Waals surface area contributed by atoms with E-state index in [-0.39, 0.29) is 17.9 Å². The zero-order chi connectivity index (χ0) is 36.1. The minimum absolute atomic E-state index is 0.0809. The second-order valence-corrected chi connectivity index (χ2v) is 15.2. The van der Waals surface area contributed by atoms with Crippen LogP contribution < -0.4 is 9.62 Å². The number of alkyl halides is 3. The van der Waals surface area contributed by atoms with Gasteiger partial charge in [0, 0.05) is 18.5 Å². The predicted molar refractivity (Wildman–Crippen MR) is 186 cm³/mol. The van der Waals surface area contributed by atoms with Crippen LogP contribution in [-0.2, 0) is 38.8 Å². The van der Waals surface area contributed by atoms with Gasteiger partial charge in [0.05, 0.1) is 21.2 Å². The van der Waals surface area contributed by atoms with E-state index in [2.05, 4.69) is 5.32 Å². The van der Waals surface area contributed by atoms with Gasteiger partial charge in [-0.2, -0.15) is 13.2 Å². The van der Waals surface area contributed by atoms with Gasteiger partial charge in [-0.3, -0.25) is 13.9 Å². The molecule has 0 aliphatic heterocycles. The van der Waals surface area contributed by atoms with Crippen LogP contribution >= 0.6 is 11.6 Å². The molecular weight excluding hydrogens is 675 g/mol. The lowest BCUT2D eigenvalue weighted by molar-refractivity contribution is -0.140. The Labute approximate surface area is 290 Å². The highest BCUT2D eigenvalue weighted by Gasteiger charge is 2.38. The molecule has 2 amide bonds. The molecule has 0 aromatic heterocycles. The SMILES string of the molecule is Cc1ccc(S(=O)(=O)N(CC(=O)N(Cc2cccc(C)c2)[C@@H](Cc2ccccc2)C(=O)NC(C)(C)C)c2ccc(Cl)c(C(F)(F)F)c2)cc1. The molecular formula is C37H39ClF3N3O4S. The number of aryl methyl sites for hydroxylation is 2. The first-order valence-corrected chi connectivity index (χ1v) is 17.3. The van der Waals surface area contributed by atoms with Crippen molar-refractivity contribution in [1.82, 2.24) is 10.2 Å². The van der Waals surface area contributed by atoms with Gasteiger partial charge in [-0.15, -0.1) is 0 Å². The Bertz CT molecular complexity index is 1890. The number of sulfonamides is 1. The quantitative estimate of drug-likeness (QED) is 0.173. The maximum atomic E-state index is 14.6. The van der Waals surface area contributed by atoms with Crippen molar-refractivity contribution in [3.05, 3.63) is 130 Å². The molecule has 0 unspecified atom stereocenters. The molecule has 12 heteroatoms. The largest absolute Gasteiger partial charge is 0.417 e. The van der Waals surface area contributed by atoms with Crippen LogP contribution in [0.2, 0.25) is 5.02 Å². The van der Waals surface area contributed by atoms with Crippen molar-refractivity contribution in [3.8, 4) is 0 Å². The summed E-state index contributed by atoms with van der Waals surface area (Å²) >= 11 is 5.89. The molecule has 0 aliphatic rings. The smallest absolute Gasteiger partial charge is 0.350 e. The Morgan fingerprint density at radius 1 is 0.816 bits per heavy atom. The molecule has 4 rings (SSSR count). The van der Waals surface area contributed by atoms with Gasteiger partial charge in [-0.1, -0.05) is 89.5 Å². The number of carbonyl (C=O) groups is 2. The Morgan fingerprint density at radius 2 is 1.45 bits per heavy atom. The van der Waals surface area contributed by atoms with Gasteiger partial charge < -0.3 is 10.2 Å². The monoisotopic (exact) mass is 713 g/mol. The molecule has 0 bridgehead atoms. The number of halogens is 4. The highest BCUT2D eigenvalue weighted by Crippen LogP contribution is 2.38. The van der Waals surface area contributed by atoms with E-state index in [1.807, 2.05) is 37.3 Å². The summed E-state index contributed by atoms with van der Waals surface area (Å²) in [5.41, 5.74) is 0.719. The average Bonchev–Trinajstić information content (AvgIpc) is 3.01. The summed E-state index contributed by atoms with van der Waals surface area (Å²) in [6.45, 7) is 8.03. The minimum atomic E-state index is -4.90. The standard InChI is InChI=1S/C37H39ClF3N3O4S/c1-25-14-17-30(18-15-25)49(47,48)44(29-16-19-32(38)31(22-29)37(39,40)41)24-34(45)43(23-28-13-9-10-26(2)20-28)33(35(46)42-36(3,4)5)21-27-11-7-6-8-12-27/h6-20,22,33H,21,23-24H2,1-5H3,(H,42,46)/t33-/m0/s1. The zero-order valence-corrected chi connectivity index (χ0v) is 29.5. The van der Waals surface area contributed by atoms with Gasteiger partial charge in [-0.25, -0.2) is 8.42 Å². The van der Waals surface area contributed by atoms with Crippen LogP contribution in [-0.4, -0.2) is 43.3 Å². The van der Waals surface area contributed by atoms with Gasteiger partial charge in [0.25, 0.3) is 10.0 Å². The second kappa shape index (κ2) is 15.0. The van der Waals surface area contributed by atoms with Crippen LogP contribution in [0.15, 0.2) is 102 Å². The molecule has 0 fully saturated rings. The highest BCUT2D eigenvalue weighted by atomic mass is 35.5. The van der Waals surface area contributed by atoms with Crippen molar-refractivity contribution in [3.63, 3.8) is 0 Å². The third kappa shape index (κ3) is 9.86. The first kappa shape index (κ1) is 37.5. The lowest BCUT2D eigenvalue weighted by Crippen LogP contribution is -2.56. The predicted octanol–water partition coefficient (Wildman–Crippen LogP) is 7.73. The minimum Gasteiger partial charge on any atom is -0.350 e. The number of nitrogens with one attached hydrogen (secondary N) is 1. The third-order valence-electron chi connectivity index (χ3n) is 7.64. The maximum absolute atomic E-state index is 14.6. The van der Waals surface area contributed by atoms with Crippen molar-refractivity contribution in [2.75, 3.05) is 10.8 Å². The molecule has 0 heterocycles. The molecule has 4 aromatic carbocycles. The van der Waals surface area contributed by atoms with Crippen LogP contribution in [0.3, 0.4) is 0 Å². The molecule has 1 N–H and O–H groups in total. The van der Waals surface area contributed by atoms with E-state index in [4.69, 9.17) is 11.6 Å². The van der Waals surface area contributed by atoms with Crippen molar-refractivity contribution in [1.29, 1.82) is 0 Å². The summed E-state index contributed by atoms with van der Waals surface area (Å²) < 4.78 is 71.0. The topological polar surface area (TPSA) is 86.8 Å². The molecule has 0 saturated heterocycles. The molecule has 49 heavy (non-hydrogen) atoms. The fourth-order valence-corrected chi connectivity index (χ4v) is 6.90. The van der Waals surface area contributed by atoms with E-state index in [1.54, 1.807) is 64.1 Å². The summed E-state index contributed by atoms with van der Waals surface area (Å²) in [4.78, 5) is 29.6. The number of nitrogens with zero attached hydrogens (tertiary/aromatic N) is 2. The first-order chi connectivity index (χ1) is 22.8. The number of hydrogen-bond donors (Lipinski definition) is 1. The number of anilines is 1. The Hall–Kier alpha value is -4.35. The van der Waals surface area contributed by atoms with E-state index in [0.29, 0.717) is 15.9 Å². The Balaban J connectivity index is 1.88. The molecule has 0 spiro atoms. The van der Waals surface area contributed by atoms with Crippen molar-refractivity contribution in [2.45, 2.75) is 70.2 Å². The lowest BCUT2D eigenvalue weighted by Gasteiger charge is -2.35. The fourth-order valence-electron chi connectivity index (χ4n) is 5.27. The van der Waals surface area contributed by atoms with Gasteiger partial charge >= 0.3 is 6.18 Å². The molecule has 0 radical (unpaired) electrons. The summed E-state index contributed by atoms with van der Waals surface area (Å²) in [7, 11) is -4.61. The molecule has 1 atom stereocenters. The van der Waals surface area contributed by atoms with Crippen LogP contribution in [0.4, 0.5) is 18.9 Å². The lowest BCUT2D eigenvalue weighted by atomic mass is 10.0. The summed E-state index contributed by atoms with van der Waals surface area (Å²) in [6.07, 6.45) is -4.82. The molecule has 260 valence electrons. The molecule has 4 aromatic rings. The van der Waals surface area contributed by atoms with E-state index in [0.717, 1.165) is 28.8 Å². The van der Waals surface area contributed by atoms with E-state index in [1.165, 1.54) is 17.0 Å². The van der Waals surface area contributed by atoms with Gasteiger partial charge in [0.2, 0.25) is 11.8 Å².